The number of anilines is 2. The van der Waals surface area contributed by atoms with Gasteiger partial charge in [0.2, 0.25) is 5.95 Å². The molecule has 8 heteroatoms. The summed E-state index contributed by atoms with van der Waals surface area (Å²) in [5.74, 6) is 0.104. The Hall–Kier alpha value is -2.74. The molecule has 1 saturated heterocycles. The van der Waals surface area contributed by atoms with Crippen molar-refractivity contribution in [2.75, 3.05) is 29.4 Å². The number of aliphatic hydroxyl groups is 1. The third-order valence-electron chi connectivity index (χ3n) is 6.24. The van der Waals surface area contributed by atoms with Crippen LogP contribution >= 0.6 is 0 Å². The number of halogens is 1. The van der Waals surface area contributed by atoms with Crippen LogP contribution in [0.1, 0.15) is 48.7 Å². The number of aromatic nitrogens is 2. The highest BCUT2D eigenvalue weighted by Gasteiger charge is 2.28. The predicted octanol–water partition coefficient (Wildman–Crippen LogP) is 2.67. The van der Waals surface area contributed by atoms with Gasteiger partial charge in [0.1, 0.15) is 11.5 Å². The fraction of sp³-hybridized carbons (Fsp3) is 0.522. The summed E-state index contributed by atoms with van der Waals surface area (Å²) in [6.07, 6.45) is 4.33. The molecule has 0 radical (unpaired) electrons. The summed E-state index contributed by atoms with van der Waals surface area (Å²) in [5.41, 5.74) is 1.86. The number of aryl methyl sites for hydroxylation is 1. The number of amides is 1. The molecule has 4 rings (SSSR count). The summed E-state index contributed by atoms with van der Waals surface area (Å²) >= 11 is 0. The van der Waals surface area contributed by atoms with Crippen LogP contribution in [-0.4, -0.2) is 58.8 Å². The number of aliphatic hydroxyl groups excluding tert-OH is 1. The van der Waals surface area contributed by atoms with E-state index < -0.39 is 0 Å². The Labute approximate surface area is 182 Å². The largest absolute Gasteiger partial charge is 0.393 e. The molecule has 166 valence electrons. The van der Waals surface area contributed by atoms with Crippen LogP contribution < -0.4 is 15.1 Å². The normalized spacial score (nSPS) is 24.2. The highest BCUT2D eigenvalue weighted by molar-refractivity contribution is 5.92. The first kappa shape index (κ1) is 21.5. The second kappa shape index (κ2) is 9.18. The number of rotatable bonds is 4. The average Bonchev–Trinajstić information content (AvgIpc) is 2.75. The highest BCUT2D eigenvalue weighted by atomic mass is 19.1. The lowest BCUT2D eigenvalue weighted by molar-refractivity contribution is 0.0863. The van der Waals surface area contributed by atoms with Crippen LogP contribution in [0.5, 0.6) is 0 Å². The summed E-state index contributed by atoms with van der Waals surface area (Å²) in [6, 6.07) is 7.07. The zero-order chi connectivity index (χ0) is 22.0. The Balaban J connectivity index is 1.41. The van der Waals surface area contributed by atoms with Crippen LogP contribution in [0.25, 0.3) is 0 Å². The standard InChI is InChI=1S/C23H30FN5O2/c1-15-3-8-21(19(24)13-15)28-11-12-29(16(2)14-28)23-25-10-9-20(27-23)22(31)26-17-4-6-18(30)7-5-17/h3,8-10,13,16-18,30H,4-7,11-12,14H2,1-2H3,(H,26,31)/t16-,17-,18-/m1/s1. The third-order valence-corrected chi connectivity index (χ3v) is 6.24. The van der Waals surface area contributed by atoms with E-state index in [0.717, 1.165) is 18.4 Å². The molecule has 1 aromatic heterocycles. The monoisotopic (exact) mass is 427 g/mol. The molecule has 1 aliphatic carbocycles. The molecule has 2 aromatic rings. The number of nitrogens with zero attached hydrogens (tertiary/aromatic N) is 4. The molecule has 0 unspecified atom stereocenters. The first-order valence-electron chi connectivity index (χ1n) is 11.0. The second-order valence-electron chi connectivity index (χ2n) is 8.66. The Kier molecular flexibility index (Phi) is 6.36. The molecule has 1 aromatic carbocycles. The van der Waals surface area contributed by atoms with Crippen molar-refractivity contribution < 1.29 is 14.3 Å². The Morgan fingerprint density at radius 3 is 2.68 bits per heavy atom. The molecule has 2 aliphatic rings. The van der Waals surface area contributed by atoms with Gasteiger partial charge in [-0.25, -0.2) is 14.4 Å². The highest BCUT2D eigenvalue weighted by Crippen LogP contribution is 2.25. The number of hydrogen-bond acceptors (Lipinski definition) is 6. The first-order valence-corrected chi connectivity index (χ1v) is 11.0. The van der Waals surface area contributed by atoms with Crippen molar-refractivity contribution >= 4 is 17.5 Å². The van der Waals surface area contributed by atoms with E-state index in [1.165, 1.54) is 0 Å². The minimum atomic E-state index is -0.257. The van der Waals surface area contributed by atoms with E-state index in [-0.39, 0.29) is 29.9 Å². The number of carbonyl (C=O) groups excluding carboxylic acids is 1. The van der Waals surface area contributed by atoms with Crippen molar-refractivity contribution in [1.82, 2.24) is 15.3 Å². The fourth-order valence-electron chi connectivity index (χ4n) is 4.43. The minimum absolute atomic E-state index is 0.0626. The van der Waals surface area contributed by atoms with Crippen molar-refractivity contribution in [1.29, 1.82) is 0 Å². The van der Waals surface area contributed by atoms with Gasteiger partial charge in [0, 0.05) is 37.9 Å². The number of hydrogen-bond donors (Lipinski definition) is 2. The lowest BCUT2D eigenvalue weighted by Crippen LogP contribution is -2.53. The van der Waals surface area contributed by atoms with E-state index in [1.54, 1.807) is 18.3 Å². The Morgan fingerprint density at radius 2 is 1.97 bits per heavy atom. The second-order valence-corrected chi connectivity index (χ2v) is 8.66. The lowest BCUT2D eigenvalue weighted by atomic mass is 9.93. The summed E-state index contributed by atoms with van der Waals surface area (Å²) in [4.78, 5) is 25.7. The maximum Gasteiger partial charge on any atom is 0.270 e. The molecule has 31 heavy (non-hydrogen) atoms. The van der Waals surface area contributed by atoms with Crippen LogP contribution in [0.4, 0.5) is 16.0 Å². The third kappa shape index (κ3) is 4.95. The van der Waals surface area contributed by atoms with Gasteiger partial charge in [-0.15, -0.1) is 0 Å². The summed E-state index contributed by atoms with van der Waals surface area (Å²) in [6.45, 7) is 5.87. The maximum atomic E-state index is 14.4. The summed E-state index contributed by atoms with van der Waals surface area (Å²) in [5, 5.41) is 12.7. The van der Waals surface area contributed by atoms with E-state index in [4.69, 9.17) is 0 Å². The quantitative estimate of drug-likeness (QED) is 0.781. The van der Waals surface area contributed by atoms with Crippen LogP contribution in [0.2, 0.25) is 0 Å². The van der Waals surface area contributed by atoms with Crippen molar-refractivity contribution in [3.05, 3.63) is 47.5 Å². The zero-order valence-electron chi connectivity index (χ0n) is 18.1. The predicted molar refractivity (Wildman–Crippen MR) is 118 cm³/mol. The first-order chi connectivity index (χ1) is 14.9. The smallest absolute Gasteiger partial charge is 0.270 e. The molecule has 2 N–H and O–H groups in total. The van der Waals surface area contributed by atoms with Gasteiger partial charge in [0.05, 0.1) is 11.8 Å². The molecule has 1 saturated carbocycles. The number of nitrogens with one attached hydrogen (secondary N) is 1. The van der Waals surface area contributed by atoms with Crippen molar-refractivity contribution in [3.63, 3.8) is 0 Å². The van der Waals surface area contributed by atoms with E-state index in [0.29, 0.717) is 49.8 Å². The lowest BCUT2D eigenvalue weighted by Gasteiger charge is -2.41. The average molecular weight is 428 g/mol. The summed E-state index contributed by atoms with van der Waals surface area (Å²) in [7, 11) is 0. The van der Waals surface area contributed by atoms with E-state index >= 15 is 0 Å². The van der Waals surface area contributed by atoms with Gasteiger partial charge in [-0.3, -0.25) is 4.79 Å². The molecule has 2 fully saturated rings. The molecular formula is C23H30FN5O2. The number of carbonyl (C=O) groups is 1. The van der Waals surface area contributed by atoms with E-state index in [2.05, 4.69) is 27.1 Å². The minimum Gasteiger partial charge on any atom is -0.393 e. The van der Waals surface area contributed by atoms with Gasteiger partial charge < -0.3 is 20.2 Å². The van der Waals surface area contributed by atoms with Crippen molar-refractivity contribution in [2.24, 2.45) is 0 Å². The van der Waals surface area contributed by atoms with E-state index in [9.17, 15) is 14.3 Å². The number of piperazine rings is 1. The summed E-state index contributed by atoms with van der Waals surface area (Å²) < 4.78 is 14.4. The SMILES string of the molecule is Cc1ccc(N2CCN(c3nccc(C(=O)N[C@H]4CC[C@H](O)CC4)n3)[C@H](C)C2)c(F)c1. The molecule has 1 aliphatic heterocycles. The topological polar surface area (TPSA) is 81.6 Å². The molecule has 1 atom stereocenters. The maximum absolute atomic E-state index is 14.4. The number of benzene rings is 1. The van der Waals surface area contributed by atoms with Gasteiger partial charge >= 0.3 is 0 Å². The molecule has 2 heterocycles. The van der Waals surface area contributed by atoms with Gasteiger partial charge in [-0.1, -0.05) is 6.07 Å². The van der Waals surface area contributed by atoms with E-state index in [1.807, 2.05) is 24.0 Å². The molecule has 0 bridgehead atoms. The van der Waals surface area contributed by atoms with Crippen molar-refractivity contribution in [3.8, 4) is 0 Å². The molecule has 0 spiro atoms. The van der Waals surface area contributed by atoms with Gasteiger partial charge in [0.15, 0.2) is 0 Å². The van der Waals surface area contributed by atoms with Crippen LogP contribution in [-0.2, 0) is 0 Å². The van der Waals surface area contributed by atoms with Gasteiger partial charge in [-0.05, 0) is 63.3 Å². The van der Waals surface area contributed by atoms with Crippen molar-refractivity contribution in [2.45, 2.75) is 57.7 Å². The van der Waals surface area contributed by atoms with Crippen LogP contribution in [0.3, 0.4) is 0 Å². The van der Waals surface area contributed by atoms with Gasteiger partial charge in [-0.2, -0.15) is 0 Å². The molecular weight excluding hydrogens is 397 g/mol. The molecule has 1 amide bonds. The fourth-order valence-corrected chi connectivity index (χ4v) is 4.43. The zero-order valence-corrected chi connectivity index (χ0v) is 18.1. The Bertz CT molecular complexity index is 932. The van der Waals surface area contributed by atoms with Crippen LogP contribution in [0.15, 0.2) is 30.5 Å². The van der Waals surface area contributed by atoms with Crippen LogP contribution in [0, 0.1) is 12.7 Å². The molecule has 7 nitrogen and oxygen atoms in total. The van der Waals surface area contributed by atoms with Gasteiger partial charge in [0.25, 0.3) is 5.91 Å². The Morgan fingerprint density at radius 1 is 1.19 bits per heavy atom.